The van der Waals surface area contributed by atoms with Gasteiger partial charge in [-0.1, -0.05) is 67.3 Å². The molecule has 1 N–H and O–H groups in total. The minimum absolute atomic E-state index is 0.206. The average Bonchev–Trinajstić information content (AvgIpc) is 2.59. The van der Waals surface area contributed by atoms with Gasteiger partial charge in [-0.2, -0.15) is 0 Å². The number of fused-ring (bicyclic) bond motifs is 1. The molecule has 0 aliphatic carbocycles. The predicted octanol–water partition coefficient (Wildman–Crippen LogP) is 2.81. The first-order chi connectivity index (χ1) is 10.8. The van der Waals surface area contributed by atoms with Crippen molar-refractivity contribution in [2.24, 2.45) is 0 Å². The third-order valence-electron chi connectivity index (χ3n) is 4.05. The van der Waals surface area contributed by atoms with E-state index in [4.69, 9.17) is 4.74 Å². The van der Waals surface area contributed by atoms with Crippen LogP contribution in [0.3, 0.4) is 0 Å². The van der Waals surface area contributed by atoms with Crippen LogP contribution in [0.5, 0.6) is 0 Å². The molecule has 0 saturated heterocycles. The van der Waals surface area contributed by atoms with Gasteiger partial charge < -0.3 is 4.74 Å². The van der Waals surface area contributed by atoms with Crippen LogP contribution >= 0.6 is 0 Å². The minimum Gasteiger partial charge on any atom is -0.460 e. The fourth-order valence-corrected chi connectivity index (χ4v) is 3.07. The van der Waals surface area contributed by atoms with Crippen LogP contribution in [0.2, 0.25) is 0 Å². The molecule has 1 atom stereocenters. The number of hydrogen-bond donors (Lipinski definition) is 1. The van der Waals surface area contributed by atoms with Crippen molar-refractivity contribution in [2.75, 3.05) is 13.2 Å². The maximum atomic E-state index is 12.9. The van der Waals surface area contributed by atoms with E-state index in [2.05, 4.69) is 18.0 Å². The third kappa shape index (κ3) is 2.34. The molecule has 1 aliphatic heterocycles. The van der Waals surface area contributed by atoms with Crippen LogP contribution < -0.4 is 5.32 Å². The van der Waals surface area contributed by atoms with E-state index < -0.39 is 5.54 Å². The van der Waals surface area contributed by atoms with E-state index in [1.807, 2.05) is 48.5 Å². The SMILES string of the molecule is C=CCOC(=O)C1(c2ccccc2)NCCc2ccccc21. The summed E-state index contributed by atoms with van der Waals surface area (Å²) in [5.74, 6) is -0.286. The zero-order valence-corrected chi connectivity index (χ0v) is 12.4. The Morgan fingerprint density at radius 1 is 1.18 bits per heavy atom. The second-order valence-corrected chi connectivity index (χ2v) is 5.34. The van der Waals surface area contributed by atoms with E-state index in [1.54, 1.807) is 6.08 Å². The van der Waals surface area contributed by atoms with E-state index in [0.717, 1.165) is 24.1 Å². The van der Waals surface area contributed by atoms with Crippen LogP contribution in [0, 0.1) is 0 Å². The summed E-state index contributed by atoms with van der Waals surface area (Å²) in [7, 11) is 0. The van der Waals surface area contributed by atoms with Crippen LogP contribution in [-0.4, -0.2) is 19.1 Å². The second-order valence-electron chi connectivity index (χ2n) is 5.34. The number of hydrogen-bond acceptors (Lipinski definition) is 3. The van der Waals surface area contributed by atoms with Gasteiger partial charge in [0.25, 0.3) is 0 Å². The molecule has 1 heterocycles. The monoisotopic (exact) mass is 293 g/mol. The normalized spacial score (nSPS) is 20.0. The van der Waals surface area contributed by atoms with Gasteiger partial charge in [-0.05, 0) is 23.1 Å². The van der Waals surface area contributed by atoms with Crippen molar-refractivity contribution >= 4 is 5.97 Å². The van der Waals surface area contributed by atoms with Crippen molar-refractivity contribution in [1.82, 2.24) is 5.32 Å². The summed E-state index contributed by atoms with van der Waals surface area (Å²) >= 11 is 0. The Hall–Kier alpha value is -2.39. The van der Waals surface area contributed by atoms with Crippen LogP contribution in [-0.2, 0) is 21.5 Å². The molecular weight excluding hydrogens is 274 g/mol. The molecule has 3 nitrogen and oxygen atoms in total. The van der Waals surface area contributed by atoms with Crippen LogP contribution in [0.4, 0.5) is 0 Å². The standard InChI is InChI=1S/C19H19NO2/c1-2-14-22-18(21)19(16-9-4-3-5-10-16)17-11-7-6-8-15(17)12-13-20-19/h2-11,20H,1,12-14H2. The Morgan fingerprint density at radius 3 is 2.68 bits per heavy atom. The molecule has 0 aromatic heterocycles. The molecule has 2 aromatic rings. The van der Waals surface area contributed by atoms with E-state index in [1.165, 1.54) is 5.56 Å². The van der Waals surface area contributed by atoms with Gasteiger partial charge in [0.2, 0.25) is 0 Å². The van der Waals surface area contributed by atoms with Gasteiger partial charge in [-0.25, -0.2) is 4.79 Å². The molecule has 1 aliphatic rings. The Morgan fingerprint density at radius 2 is 1.91 bits per heavy atom. The summed E-state index contributed by atoms with van der Waals surface area (Å²) < 4.78 is 5.43. The number of nitrogens with one attached hydrogen (secondary N) is 1. The number of benzene rings is 2. The van der Waals surface area contributed by atoms with Gasteiger partial charge in [-0.15, -0.1) is 0 Å². The molecule has 22 heavy (non-hydrogen) atoms. The fraction of sp³-hybridized carbons (Fsp3) is 0.211. The van der Waals surface area contributed by atoms with Gasteiger partial charge in [-0.3, -0.25) is 5.32 Å². The molecule has 0 saturated carbocycles. The van der Waals surface area contributed by atoms with E-state index >= 15 is 0 Å². The van der Waals surface area contributed by atoms with Gasteiger partial charge in [0, 0.05) is 6.54 Å². The first-order valence-corrected chi connectivity index (χ1v) is 7.46. The summed E-state index contributed by atoms with van der Waals surface area (Å²) in [5, 5.41) is 3.40. The average molecular weight is 293 g/mol. The lowest BCUT2D eigenvalue weighted by molar-refractivity contribution is -0.149. The third-order valence-corrected chi connectivity index (χ3v) is 4.05. The highest BCUT2D eigenvalue weighted by Crippen LogP contribution is 2.36. The predicted molar refractivity (Wildman–Crippen MR) is 86.5 cm³/mol. The highest BCUT2D eigenvalue weighted by atomic mass is 16.5. The number of ether oxygens (including phenoxy) is 1. The molecule has 0 amide bonds. The van der Waals surface area contributed by atoms with Crippen LogP contribution in [0.25, 0.3) is 0 Å². The first kappa shape index (κ1) is 14.5. The summed E-state index contributed by atoms with van der Waals surface area (Å²) in [4.78, 5) is 12.9. The molecule has 3 rings (SSSR count). The molecule has 0 fully saturated rings. The summed E-state index contributed by atoms with van der Waals surface area (Å²) in [6.45, 7) is 4.56. The van der Waals surface area contributed by atoms with Crippen molar-refractivity contribution in [1.29, 1.82) is 0 Å². The van der Waals surface area contributed by atoms with Gasteiger partial charge in [0.05, 0.1) is 0 Å². The molecule has 0 radical (unpaired) electrons. The zero-order chi connectivity index (χ0) is 15.4. The van der Waals surface area contributed by atoms with Crippen molar-refractivity contribution in [3.63, 3.8) is 0 Å². The fourth-order valence-electron chi connectivity index (χ4n) is 3.07. The van der Waals surface area contributed by atoms with Crippen molar-refractivity contribution in [3.8, 4) is 0 Å². The lowest BCUT2D eigenvalue weighted by atomic mass is 9.77. The molecule has 3 heteroatoms. The smallest absolute Gasteiger partial charge is 0.336 e. The summed E-state index contributed by atoms with van der Waals surface area (Å²) in [5.41, 5.74) is 2.11. The summed E-state index contributed by atoms with van der Waals surface area (Å²) in [6, 6.07) is 17.8. The first-order valence-electron chi connectivity index (χ1n) is 7.46. The van der Waals surface area contributed by atoms with Crippen LogP contribution in [0.1, 0.15) is 16.7 Å². The second kappa shape index (κ2) is 6.16. The molecule has 0 spiro atoms. The van der Waals surface area contributed by atoms with Crippen molar-refractivity contribution in [2.45, 2.75) is 12.0 Å². The van der Waals surface area contributed by atoms with Gasteiger partial charge >= 0.3 is 5.97 Å². The minimum atomic E-state index is -0.945. The molecular formula is C19H19NO2. The quantitative estimate of drug-likeness (QED) is 0.696. The van der Waals surface area contributed by atoms with E-state index in [-0.39, 0.29) is 12.6 Å². The lowest BCUT2D eigenvalue weighted by Gasteiger charge is -2.38. The number of carbonyl (C=O) groups excluding carboxylic acids is 1. The zero-order valence-electron chi connectivity index (χ0n) is 12.4. The van der Waals surface area contributed by atoms with E-state index in [0.29, 0.717) is 0 Å². The highest BCUT2D eigenvalue weighted by Gasteiger charge is 2.46. The largest absolute Gasteiger partial charge is 0.460 e. The maximum Gasteiger partial charge on any atom is 0.336 e. The van der Waals surface area contributed by atoms with E-state index in [9.17, 15) is 4.79 Å². The topological polar surface area (TPSA) is 38.3 Å². The van der Waals surface area contributed by atoms with Gasteiger partial charge in [0.1, 0.15) is 6.61 Å². The summed E-state index contributed by atoms with van der Waals surface area (Å²) in [6.07, 6.45) is 2.49. The highest BCUT2D eigenvalue weighted by molar-refractivity contribution is 5.88. The Labute approximate surface area is 130 Å². The Bertz CT molecular complexity index is 681. The Balaban J connectivity index is 2.17. The molecule has 0 bridgehead atoms. The maximum absolute atomic E-state index is 12.9. The molecule has 1 unspecified atom stereocenters. The van der Waals surface area contributed by atoms with Crippen LogP contribution in [0.15, 0.2) is 67.3 Å². The molecule has 2 aromatic carbocycles. The number of esters is 1. The number of carbonyl (C=O) groups is 1. The van der Waals surface area contributed by atoms with Crippen molar-refractivity contribution < 1.29 is 9.53 Å². The molecule has 112 valence electrons. The Kier molecular flexibility index (Phi) is 4.07. The van der Waals surface area contributed by atoms with Crippen molar-refractivity contribution in [3.05, 3.63) is 83.9 Å². The van der Waals surface area contributed by atoms with Gasteiger partial charge in [0.15, 0.2) is 5.54 Å². The lowest BCUT2D eigenvalue weighted by Crippen LogP contribution is -2.54. The number of rotatable bonds is 4.